The Labute approximate surface area is 220 Å². The van der Waals surface area contributed by atoms with E-state index in [0.717, 1.165) is 81.8 Å². The first-order valence-corrected chi connectivity index (χ1v) is 13.7. The van der Waals surface area contributed by atoms with E-state index >= 15 is 0 Å². The lowest BCUT2D eigenvalue weighted by Gasteiger charge is -2.32. The van der Waals surface area contributed by atoms with E-state index in [1.807, 2.05) is 26.1 Å². The van der Waals surface area contributed by atoms with Crippen molar-refractivity contribution in [2.24, 2.45) is 0 Å². The second-order valence-electron chi connectivity index (χ2n) is 10.8. The van der Waals surface area contributed by atoms with E-state index in [9.17, 15) is 8.78 Å². The quantitative estimate of drug-likeness (QED) is 0.258. The smallest absolute Gasteiger partial charge is 0.345 e. The molecule has 6 rings (SSSR count). The predicted molar refractivity (Wildman–Crippen MR) is 141 cm³/mol. The zero-order valence-corrected chi connectivity index (χ0v) is 22.2. The summed E-state index contributed by atoms with van der Waals surface area (Å²) >= 11 is 0. The number of hydrogen-bond donors (Lipinski definition) is 0. The molecule has 0 aliphatic heterocycles. The third kappa shape index (κ3) is 4.44. The average molecular weight is 525 g/mol. The first kappa shape index (κ1) is 25.2. The van der Waals surface area contributed by atoms with Crippen molar-refractivity contribution in [2.75, 3.05) is 7.11 Å². The predicted octanol–water partition coefficient (Wildman–Crippen LogP) is 7.64. The maximum atomic E-state index is 12.9. The molecule has 4 aromatic rings. The first-order chi connectivity index (χ1) is 18.4. The number of rotatable bonds is 6. The molecule has 2 fully saturated rings. The molecule has 0 radical (unpaired) electrons. The van der Waals surface area contributed by atoms with E-state index < -0.39 is 12.7 Å². The van der Waals surface area contributed by atoms with Crippen LogP contribution < -0.4 is 4.74 Å². The molecule has 7 nitrogen and oxygen atoms in total. The van der Waals surface area contributed by atoms with Crippen LogP contribution in [-0.4, -0.2) is 39.5 Å². The van der Waals surface area contributed by atoms with Crippen molar-refractivity contribution in [3.63, 3.8) is 0 Å². The van der Waals surface area contributed by atoms with Crippen LogP contribution in [0.2, 0.25) is 0 Å². The highest BCUT2D eigenvalue weighted by atomic mass is 19.3. The SMILES string of the molecule is COc1cc2c(cc1-c1c(C)noc1C)ncc1nc(C3CCCCC3)n(C3CCC(OC(F)F)CC3)c12. The fourth-order valence-electron chi connectivity index (χ4n) is 6.66. The van der Waals surface area contributed by atoms with Crippen LogP contribution in [0.25, 0.3) is 33.1 Å². The number of nitrogens with zero attached hydrogens (tertiary/aromatic N) is 4. The molecule has 202 valence electrons. The fraction of sp³-hybridized carbons (Fsp3) is 0.552. The van der Waals surface area contributed by atoms with Crippen LogP contribution in [0.4, 0.5) is 8.78 Å². The highest BCUT2D eigenvalue weighted by molar-refractivity contribution is 6.05. The normalized spacial score (nSPS) is 21.1. The minimum atomic E-state index is -2.72. The molecule has 0 unspecified atom stereocenters. The summed E-state index contributed by atoms with van der Waals surface area (Å²) in [5, 5.41) is 5.11. The zero-order chi connectivity index (χ0) is 26.4. The second kappa shape index (κ2) is 10.2. The molecule has 0 N–H and O–H groups in total. The van der Waals surface area contributed by atoms with Gasteiger partial charge in [-0.15, -0.1) is 0 Å². The molecule has 0 spiro atoms. The molecule has 0 amide bonds. The van der Waals surface area contributed by atoms with Gasteiger partial charge in [0, 0.05) is 22.9 Å². The molecule has 0 saturated heterocycles. The van der Waals surface area contributed by atoms with Crippen LogP contribution in [0.15, 0.2) is 22.9 Å². The molecular formula is C29H34F2N4O3. The molecule has 0 atom stereocenters. The molecule has 2 saturated carbocycles. The molecule has 1 aromatic carbocycles. The van der Waals surface area contributed by atoms with Crippen molar-refractivity contribution < 1.29 is 22.8 Å². The molecule has 2 aliphatic rings. The number of aromatic nitrogens is 4. The number of fused-ring (bicyclic) bond motifs is 3. The van der Waals surface area contributed by atoms with Gasteiger partial charge in [0.25, 0.3) is 0 Å². The number of hydrogen-bond acceptors (Lipinski definition) is 6. The van der Waals surface area contributed by atoms with Gasteiger partial charge in [0.15, 0.2) is 0 Å². The van der Waals surface area contributed by atoms with Gasteiger partial charge in [-0.1, -0.05) is 24.4 Å². The third-order valence-electron chi connectivity index (χ3n) is 8.44. The Morgan fingerprint density at radius 1 is 1.00 bits per heavy atom. The minimum absolute atomic E-state index is 0.174. The number of aryl methyl sites for hydroxylation is 2. The van der Waals surface area contributed by atoms with Gasteiger partial charge in [-0.05, 0) is 64.5 Å². The van der Waals surface area contributed by atoms with Crippen molar-refractivity contribution in [2.45, 2.75) is 96.3 Å². The van der Waals surface area contributed by atoms with Crippen LogP contribution in [0.5, 0.6) is 5.75 Å². The number of benzene rings is 1. The van der Waals surface area contributed by atoms with Crippen molar-refractivity contribution >= 4 is 21.9 Å². The van der Waals surface area contributed by atoms with E-state index in [0.29, 0.717) is 18.8 Å². The first-order valence-electron chi connectivity index (χ1n) is 13.7. The van der Waals surface area contributed by atoms with Gasteiger partial charge < -0.3 is 18.6 Å². The Hall–Kier alpha value is -3.07. The van der Waals surface area contributed by atoms with Gasteiger partial charge in [0.1, 0.15) is 22.9 Å². The molecule has 2 aliphatic carbocycles. The summed E-state index contributed by atoms with van der Waals surface area (Å²) in [7, 11) is 1.67. The summed E-state index contributed by atoms with van der Waals surface area (Å²) in [6.45, 7) is 1.10. The lowest BCUT2D eigenvalue weighted by molar-refractivity contribution is -0.171. The third-order valence-corrected chi connectivity index (χ3v) is 8.44. The standard InChI is InChI=1S/C29H34F2N4O3/c1-16-26(17(2)38-34-16)22-13-23-21(14-25(22)36-3)27-24(15-32-23)33-28(18-7-5-4-6-8-18)35(27)19-9-11-20(12-10-19)37-29(30)31/h13-15,18-20,29H,4-12H2,1-3H3. The Morgan fingerprint density at radius 3 is 2.42 bits per heavy atom. The monoisotopic (exact) mass is 524 g/mol. The summed E-state index contributed by atoms with van der Waals surface area (Å²) in [6.07, 6.45) is 10.2. The Morgan fingerprint density at radius 2 is 1.76 bits per heavy atom. The van der Waals surface area contributed by atoms with Crippen LogP contribution in [0, 0.1) is 13.8 Å². The minimum Gasteiger partial charge on any atom is -0.496 e. The summed E-state index contributed by atoms with van der Waals surface area (Å²) in [4.78, 5) is 9.99. The van der Waals surface area contributed by atoms with Crippen LogP contribution in [0.1, 0.15) is 87.0 Å². The fourth-order valence-corrected chi connectivity index (χ4v) is 6.66. The van der Waals surface area contributed by atoms with E-state index in [4.69, 9.17) is 24.0 Å². The van der Waals surface area contributed by atoms with Crippen molar-refractivity contribution in [3.05, 3.63) is 35.6 Å². The summed E-state index contributed by atoms with van der Waals surface area (Å²) in [6, 6.07) is 4.28. The lowest BCUT2D eigenvalue weighted by atomic mass is 9.87. The Kier molecular flexibility index (Phi) is 6.80. The summed E-state index contributed by atoms with van der Waals surface area (Å²) < 4.78 is 44.3. The maximum Gasteiger partial charge on any atom is 0.345 e. The van der Waals surface area contributed by atoms with Gasteiger partial charge in [0.05, 0.1) is 41.7 Å². The Bertz CT molecular complexity index is 1430. The molecule has 3 aromatic heterocycles. The van der Waals surface area contributed by atoms with E-state index in [2.05, 4.69) is 15.8 Å². The van der Waals surface area contributed by atoms with Crippen LogP contribution >= 0.6 is 0 Å². The van der Waals surface area contributed by atoms with Gasteiger partial charge in [-0.2, -0.15) is 8.78 Å². The summed E-state index contributed by atoms with van der Waals surface area (Å²) in [5.74, 6) is 2.96. The van der Waals surface area contributed by atoms with Crippen molar-refractivity contribution in [1.82, 2.24) is 19.7 Å². The largest absolute Gasteiger partial charge is 0.496 e. The molecule has 0 bridgehead atoms. The van der Waals surface area contributed by atoms with Gasteiger partial charge in [-0.25, -0.2) is 4.98 Å². The van der Waals surface area contributed by atoms with Gasteiger partial charge >= 0.3 is 6.61 Å². The zero-order valence-electron chi connectivity index (χ0n) is 22.2. The van der Waals surface area contributed by atoms with E-state index in [-0.39, 0.29) is 6.04 Å². The topological polar surface area (TPSA) is 75.2 Å². The average Bonchev–Trinajstić information content (AvgIpc) is 3.48. The molecular weight excluding hydrogens is 490 g/mol. The highest BCUT2D eigenvalue weighted by Crippen LogP contribution is 2.43. The number of pyridine rings is 1. The van der Waals surface area contributed by atoms with Crippen LogP contribution in [0.3, 0.4) is 0 Å². The molecule has 9 heteroatoms. The van der Waals surface area contributed by atoms with Crippen LogP contribution in [-0.2, 0) is 4.74 Å². The number of imidazole rings is 1. The summed E-state index contributed by atoms with van der Waals surface area (Å²) in [5.41, 5.74) is 5.38. The number of halogens is 2. The Balaban J connectivity index is 1.52. The van der Waals surface area contributed by atoms with Gasteiger partial charge in [-0.3, -0.25) is 4.98 Å². The second-order valence-corrected chi connectivity index (χ2v) is 10.8. The van der Waals surface area contributed by atoms with E-state index in [1.165, 1.54) is 19.3 Å². The van der Waals surface area contributed by atoms with Gasteiger partial charge in [0.2, 0.25) is 0 Å². The van der Waals surface area contributed by atoms with Crippen molar-refractivity contribution in [3.8, 4) is 16.9 Å². The maximum absolute atomic E-state index is 12.9. The number of ether oxygens (including phenoxy) is 2. The highest BCUT2D eigenvalue weighted by Gasteiger charge is 2.31. The van der Waals surface area contributed by atoms with Crippen molar-refractivity contribution in [1.29, 1.82) is 0 Å². The molecule has 38 heavy (non-hydrogen) atoms. The number of methoxy groups -OCH3 is 1. The molecule has 3 heterocycles. The lowest BCUT2D eigenvalue weighted by Crippen LogP contribution is -2.26. The van der Waals surface area contributed by atoms with E-state index in [1.54, 1.807) is 7.11 Å². The number of alkyl halides is 2.